The molecule has 0 bridgehead atoms. The summed E-state index contributed by atoms with van der Waals surface area (Å²) in [5, 5.41) is 20.6. The van der Waals surface area contributed by atoms with Crippen molar-refractivity contribution in [3.8, 4) is 0 Å². The Balaban J connectivity index is 2.11. The highest BCUT2D eigenvalue weighted by molar-refractivity contribution is 6.40. The molecule has 0 aromatic heterocycles. The fourth-order valence-corrected chi connectivity index (χ4v) is 1.82. The Morgan fingerprint density at radius 1 is 1.46 bits per heavy atom. The molecule has 0 amide bonds. The van der Waals surface area contributed by atoms with E-state index in [-0.39, 0.29) is 6.04 Å². The van der Waals surface area contributed by atoms with Crippen LogP contribution in [-0.4, -0.2) is 36.3 Å². The van der Waals surface area contributed by atoms with Gasteiger partial charge in [-0.2, -0.15) is 0 Å². The highest BCUT2D eigenvalue weighted by Crippen LogP contribution is 2.16. The molecule has 1 heterocycles. The van der Waals surface area contributed by atoms with E-state index >= 15 is 0 Å². The Labute approximate surface area is 79.7 Å². The van der Waals surface area contributed by atoms with Gasteiger partial charge in [0.1, 0.15) is 0 Å². The standard InChI is InChI=1S/C8H19BN2O2/c10-8-3-5-11-6-7(8)2-1-4-9(12)13/h7-8,11-13H,1-6,10H2/t7-,8+/m1/s1. The SMILES string of the molecule is N[C@H]1CCNC[C@H]1CCCB(O)O. The van der Waals surface area contributed by atoms with Gasteiger partial charge in [-0.05, 0) is 38.2 Å². The number of nitrogens with one attached hydrogen (secondary N) is 1. The molecule has 5 N–H and O–H groups in total. The lowest BCUT2D eigenvalue weighted by atomic mass is 9.80. The van der Waals surface area contributed by atoms with Crippen LogP contribution < -0.4 is 11.1 Å². The second kappa shape index (κ2) is 5.60. The van der Waals surface area contributed by atoms with Crippen molar-refractivity contribution in [3.63, 3.8) is 0 Å². The van der Waals surface area contributed by atoms with Gasteiger partial charge in [-0.15, -0.1) is 0 Å². The Bertz CT molecular complexity index is 146. The first-order valence-corrected chi connectivity index (χ1v) is 5.02. The van der Waals surface area contributed by atoms with Crippen molar-refractivity contribution >= 4 is 7.12 Å². The van der Waals surface area contributed by atoms with E-state index in [0.717, 1.165) is 32.4 Å². The molecule has 1 fully saturated rings. The van der Waals surface area contributed by atoms with E-state index in [4.69, 9.17) is 15.8 Å². The molecule has 2 atom stereocenters. The van der Waals surface area contributed by atoms with Gasteiger partial charge in [-0.25, -0.2) is 0 Å². The number of piperidine rings is 1. The summed E-state index contributed by atoms with van der Waals surface area (Å²) < 4.78 is 0. The van der Waals surface area contributed by atoms with E-state index in [1.54, 1.807) is 0 Å². The van der Waals surface area contributed by atoms with E-state index in [1.165, 1.54) is 0 Å². The van der Waals surface area contributed by atoms with Crippen LogP contribution in [0.15, 0.2) is 0 Å². The smallest absolute Gasteiger partial charge is 0.427 e. The third-order valence-corrected chi connectivity index (χ3v) is 2.70. The van der Waals surface area contributed by atoms with Crippen LogP contribution in [0.25, 0.3) is 0 Å². The second-order valence-corrected chi connectivity index (χ2v) is 3.83. The van der Waals surface area contributed by atoms with Crippen molar-refractivity contribution in [3.05, 3.63) is 0 Å². The van der Waals surface area contributed by atoms with Crippen LogP contribution in [0.1, 0.15) is 19.3 Å². The maximum absolute atomic E-state index is 8.66. The summed E-state index contributed by atoms with van der Waals surface area (Å²) >= 11 is 0. The number of rotatable bonds is 4. The molecule has 0 aromatic rings. The summed E-state index contributed by atoms with van der Waals surface area (Å²) in [7, 11) is -1.16. The van der Waals surface area contributed by atoms with Crippen molar-refractivity contribution in [2.75, 3.05) is 13.1 Å². The summed E-state index contributed by atoms with van der Waals surface area (Å²) in [6, 6.07) is 0.289. The molecule has 5 heteroatoms. The van der Waals surface area contributed by atoms with E-state index in [9.17, 15) is 0 Å². The Hall–Kier alpha value is -0.0951. The van der Waals surface area contributed by atoms with Gasteiger partial charge in [-0.3, -0.25) is 0 Å². The van der Waals surface area contributed by atoms with Crippen LogP contribution in [0.3, 0.4) is 0 Å². The summed E-state index contributed by atoms with van der Waals surface area (Å²) in [6.45, 7) is 1.99. The minimum absolute atomic E-state index is 0.289. The third kappa shape index (κ3) is 4.09. The van der Waals surface area contributed by atoms with Crippen molar-refractivity contribution in [1.82, 2.24) is 5.32 Å². The van der Waals surface area contributed by atoms with Gasteiger partial charge in [0.15, 0.2) is 0 Å². The van der Waals surface area contributed by atoms with Gasteiger partial charge < -0.3 is 21.1 Å². The van der Waals surface area contributed by atoms with Crippen molar-refractivity contribution < 1.29 is 10.0 Å². The Kier molecular flexibility index (Phi) is 4.73. The van der Waals surface area contributed by atoms with Gasteiger partial charge in [0, 0.05) is 6.04 Å². The highest BCUT2D eigenvalue weighted by atomic mass is 16.4. The minimum Gasteiger partial charge on any atom is -0.427 e. The zero-order valence-corrected chi connectivity index (χ0v) is 7.95. The van der Waals surface area contributed by atoms with Crippen LogP contribution in [0.5, 0.6) is 0 Å². The molecular formula is C8H19BN2O2. The van der Waals surface area contributed by atoms with Crippen LogP contribution >= 0.6 is 0 Å². The molecule has 1 aliphatic heterocycles. The lowest BCUT2D eigenvalue weighted by molar-refractivity contribution is 0.304. The van der Waals surface area contributed by atoms with Crippen LogP contribution in [0.2, 0.25) is 6.32 Å². The largest absolute Gasteiger partial charge is 0.451 e. The summed E-state index contributed by atoms with van der Waals surface area (Å²) in [4.78, 5) is 0. The quantitative estimate of drug-likeness (QED) is 0.432. The lowest BCUT2D eigenvalue weighted by Crippen LogP contribution is -2.44. The fourth-order valence-electron chi connectivity index (χ4n) is 1.82. The molecule has 0 aromatic carbocycles. The van der Waals surface area contributed by atoms with Gasteiger partial charge in [-0.1, -0.05) is 6.42 Å². The van der Waals surface area contributed by atoms with Crippen molar-refractivity contribution in [1.29, 1.82) is 0 Å². The average molecular weight is 186 g/mol. The van der Waals surface area contributed by atoms with Gasteiger partial charge >= 0.3 is 7.12 Å². The maximum atomic E-state index is 8.66. The van der Waals surface area contributed by atoms with E-state index in [1.807, 2.05) is 0 Å². The first-order chi connectivity index (χ1) is 6.20. The zero-order valence-electron chi connectivity index (χ0n) is 7.95. The Morgan fingerprint density at radius 2 is 2.23 bits per heavy atom. The Morgan fingerprint density at radius 3 is 2.85 bits per heavy atom. The van der Waals surface area contributed by atoms with E-state index in [2.05, 4.69) is 5.32 Å². The number of hydrogen-bond acceptors (Lipinski definition) is 4. The predicted molar refractivity (Wildman–Crippen MR) is 53.2 cm³/mol. The third-order valence-electron chi connectivity index (χ3n) is 2.70. The molecular weight excluding hydrogens is 167 g/mol. The predicted octanol–water partition coefficient (Wildman–Crippen LogP) is -0.824. The highest BCUT2D eigenvalue weighted by Gasteiger charge is 2.21. The summed E-state index contributed by atoms with van der Waals surface area (Å²) in [5.74, 6) is 0.507. The number of hydrogen-bond donors (Lipinski definition) is 4. The molecule has 1 rings (SSSR count). The van der Waals surface area contributed by atoms with E-state index in [0.29, 0.717) is 12.2 Å². The molecule has 4 nitrogen and oxygen atoms in total. The van der Waals surface area contributed by atoms with Crippen LogP contribution in [0, 0.1) is 5.92 Å². The number of nitrogens with two attached hydrogens (primary N) is 1. The molecule has 0 saturated carbocycles. The van der Waals surface area contributed by atoms with Gasteiger partial charge in [0.2, 0.25) is 0 Å². The molecule has 1 saturated heterocycles. The average Bonchev–Trinajstić information content (AvgIpc) is 2.08. The van der Waals surface area contributed by atoms with Crippen molar-refractivity contribution in [2.45, 2.75) is 31.6 Å². The van der Waals surface area contributed by atoms with Crippen molar-refractivity contribution in [2.24, 2.45) is 11.7 Å². The first-order valence-electron chi connectivity index (χ1n) is 5.02. The molecule has 0 spiro atoms. The lowest BCUT2D eigenvalue weighted by Gasteiger charge is -2.29. The van der Waals surface area contributed by atoms with E-state index < -0.39 is 7.12 Å². The van der Waals surface area contributed by atoms with Crippen LogP contribution in [-0.2, 0) is 0 Å². The molecule has 1 aliphatic rings. The molecule has 13 heavy (non-hydrogen) atoms. The van der Waals surface area contributed by atoms with Gasteiger partial charge in [0.25, 0.3) is 0 Å². The first kappa shape index (κ1) is 11.0. The fraction of sp³-hybridized carbons (Fsp3) is 1.00. The molecule has 76 valence electrons. The topological polar surface area (TPSA) is 78.5 Å². The summed E-state index contributed by atoms with van der Waals surface area (Å²) in [5.41, 5.74) is 5.93. The van der Waals surface area contributed by atoms with Crippen LogP contribution in [0.4, 0.5) is 0 Å². The molecule has 0 radical (unpaired) electrons. The minimum atomic E-state index is -1.16. The monoisotopic (exact) mass is 186 g/mol. The maximum Gasteiger partial charge on any atom is 0.451 e. The zero-order chi connectivity index (χ0) is 9.68. The molecule has 0 aliphatic carbocycles. The molecule has 0 unspecified atom stereocenters. The normalized spacial score (nSPS) is 28.8. The second-order valence-electron chi connectivity index (χ2n) is 3.83. The summed E-state index contributed by atoms with van der Waals surface area (Å²) in [6.07, 6.45) is 3.33. The van der Waals surface area contributed by atoms with Gasteiger partial charge in [0.05, 0.1) is 0 Å².